The number of aliphatic hydroxyl groups is 1. The Morgan fingerprint density at radius 2 is 1.62 bits per heavy atom. The first-order valence-corrected chi connectivity index (χ1v) is 13.7. The van der Waals surface area contributed by atoms with Crippen LogP contribution in [-0.4, -0.2) is 55.9 Å². The smallest absolute Gasteiger partial charge is 0.309 e. The molecular formula is C32H42N2O6. The topological polar surface area (TPSA) is 114 Å². The summed E-state index contributed by atoms with van der Waals surface area (Å²) in [6.07, 6.45) is 5.52. The standard InChI is InChI=1S/C32H42N2O6/c1-3-5-15-28(22-25-13-8-6-9-14-25)32(38)40-24-29(26-16-10-7-11-17-26)34-31(37)27(12-4-2)23-30(36)33-18-20-39-21-19-35/h3-4,6-11,13-14,16-17,27-29,35H,1-2,5,12,15,18-24H2,(H,33,36)(H,34,37)/t27-,28+,29+/m0/s1. The molecule has 0 radical (unpaired) electrons. The number of nitrogens with one attached hydrogen (secondary N) is 2. The van der Waals surface area contributed by atoms with Crippen LogP contribution in [0.5, 0.6) is 0 Å². The molecule has 0 heterocycles. The van der Waals surface area contributed by atoms with Gasteiger partial charge in [0.15, 0.2) is 0 Å². The number of ether oxygens (including phenoxy) is 2. The molecule has 40 heavy (non-hydrogen) atoms. The van der Waals surface area contributed by atoms with E-state index in [0.717, 1.165) is 11.1 Å². The Morgan fingerprint density at radius 3 is 2.27 bits per heavy atom. The molecule has 2 amide bonds. The second-order valence-electron chi connectivity index (χ2n) is 9.47. The van der Waals surface area contributed by atoms with Gasteiger partial charge in [0.1, 0.15) is 6.61 Å². The van der Waals surface area contributed by atoms with Crippen LogP contribution in [0, 0.1) is 11.8 Å². The number of carbonyl (C=O) groups excluding carboxylic acids is 3. The summed E-state index contributed by atoms with van der Waals surface area (Å²) in [7, 11) is 0. The van der Waals surface area contributed by atoms with Gasteiger partial charge in [-0.3, -0.25) is 14.4 Å². The SMILES string of the molecule is C=CCC[C@H](Cc1ccccc1)C(=O)OC[C@@H](NC(=O)[C@@H](CC=C)CC(=O)NCCOCCO)c1ccccc1. The lowest BCUT2D eigenvalue weighted by atomic mass is 9.95. The van der Waals surface area contributed by atoms with Crippen molar-refractivity contribution in [3.63, 3.8) is 0 Å². The molecule has 3 atom stereocenters. The van der Waals surface area contributed by atoms with E-state index in [4.69, 9.17) is 14.6 Å². The normalized spacial score (nSPS) is 12.9. The van der Waals surface area contributed by atoms with Gasteiger partial charge in [0.2, 0.25) is 11.8 Å². The largest absolute Gasteiger partial charge is 0.463 e. The van der Waals surface area contributed by atoms with E-state index in [1.54, 1.807) is 12.2 Å². The second-order valence-corrected chi connectivity index (χ2v) is 9.47. The predicted octanol–water partition coefficient (Wildman–Crippen LogP) is 3.92. The fourth-order valence-electron chi connectivity index (χ4n) is 4.21. The average Bonchev–Trinajstić information content (AvgIpc) is 2.97. The average molecular weight is 551 g/mol. The molecule has 8 nitrogen and oxygen atoms in total. The molecule has 0 aromatic heterocycles. The molecule has 0 fully saturated rings. The van der Waals surface area contributed by atoms with E-state index in [9.17, 15) is 14.4 Å². The van der Waals surface area contributed by atoms with Gasteiger partial charge in [0.25, 0.3) is 0 Å². The zero-order valence-corrected chi connectivity index (χ0v) is 23.1. The van der Waals surface area contributed by atoms with Crippen LogP contribution in [0.1, 0.15) is 42.9 Å². The molecule has 2 aromatic rings. The van der Waals surface area contributed by atoms with Gasteiger partial charge in [0, 0.05) is 13.0 Å². The number of rotatable bonds is 20. The van der Waals surface area contributed by atoms with Crippen molar-refractivity contribution in [3.05, 3.63) is 97.1 Å². The molecule has 0 saturated heterocycles. The number of benzene rings is 2. The van der Waals surface area contributed by atoms with E-state index in [1.165, 1.54) is 0 Å². The number of hydrogen-bond acceptors (Lipinski definition) is 6. The van der Waals surface area contributed by atoms with Crippen LogP contribution in [-0.2, 0) is 30.3 Å². The Balaban J connectivity index is 2.05. The number of allylic oxidation sites excluding steroid dienone is 2. The molecule has 2 aromatic carbocycles. The van der Waals surface area contributed by atoms with Crippen molar-refractivity contribution in [2.24, 2.45) is 11.8 Å². The lowest BCUT2D eigenvalue weighted by molar-refractivity contribution is -0.150. The fraction of sp³-hybridized carbons (Fsp3) is 0.406. The Kier molecular flexibility index (Phi) is 15.7. The summed E-state index contributed by atoms with van der Waals surface area (Å²) < 4.78 is 10.9. The first kappa shape index (κ1) is 32.5. The third-order valence-corrected chi connectivity index (χ3v) is 6.35. The van der Waals surface area contributed by atoms with Crippen LogP contribution in [0.3, 0.4) is 0 Å². The van der Waals surface area contributed by atoms with Crippen LogP contribution in [0.2, 0.25) is 0 Å². The molecule has 0 aliphatic heterocycles. The van der Waals surface area contributed by atoms with E-state index >= 15 is 0 Å². The Bertz CT molecular complexity index is 1040. The molecule has 3 N–H and O–H groups in total. The van der Waals surface area contributed by atoms with Gasteiger partial charge < -0.3 is 25.2 Å². The number of carbonyl (C=O) groups is 3. The Morgan fingerprint density at radius 1 is 0.925 bits per heavy atom. The minimum atomic E-state index is -0.642. The van der Waals surface area contributed by atoms with Gasteiger partial charge in [-0.05, 0) is 36.8 Å². The Hall–Kier alpha value is -3.75. The molecule has 0 aliphatic carbocycles. The lowest BCUT2D eigenvalue weighted by Crippen LogP contribution is -2.39. The molecule has 2 rings (SSSR count). The van der Waals surface area contributed by atoms with Gasteiger partial charge in [-0.15, -0.1) is 13.2 Å². The molecule has 0 spiro atoms. The maximum Gasteiger partial charge on any atom is 0.309 e. The van der Waals surface area contributed by atoms with Gasteiger partial charge in [-0.25, -0.2) is 0 Å². The van der Waals surface area contributed by atoms with Crippen molar-refractivity contribution in [2.75, 3.05) is 33.0 Å². The van der Waals surface area contributed by atoms with E-state index in [2.05, 4.69) is 23.8 Å². The summed E-state index contributed by atoms with van der Waals surface area (Å²) in [4.78, 5) is 38.9. The highest BCUT2D eigenvalue weighted by Crippen LogP contribution is 2.20. The summed E-state index contributed by atoms with van der Waals surface area (Å²) in [5.41, 5.74) is 1.84. The van der Waals surface area contributed by atoms with Gasteiger partial charge in [-0.2, -0.15) is 0 Å². The van der Waals surface area contributed by atoms with Crippen molar-refractivity contribution in [3.8, 4) is 0 Å². The predicted molar refractivity (Wildman–Crippen MR) is 155 cm³/mol. The van der Waals surface area contributed by atoms with Crippen LogP contribution < -0.4 is 10.6 Å². The number of amides is 2. The molecule has 8 heteroatoms. The summed E-state index contributed by atoms with van der Waals surface area (Å²) in [6.45, 7) is 8.12. The quantitative estimate of drug-likeness (QED) is 0.131. The first-order valence-electron chi connectivity index (χ1n) is 13.7. The highest BCUT2D eigenvalue weighted by molar-refractivity contribution is 5.86. The molecule has 0 aliphatic rings. The maximum absolute atomic E-state index is 13.3. The van der Waals surface area contributed by atoms with Gasteiger partial charge >= 0.3 is 5.97 Å². The van der Waals surface area contributed by atoms with E-state index in [-0.39, 0.29) is 63.1 Å². The molecule has 216 valence electrons. The van der Waals surface area contributed by atoms with Crippen LogP contribution in [0.25, 0.3) is 0 Å². The molecule has 0 saturated carbocycles. The highest BCUT2D eigenvalue weighted by Gasteiger charge is 2.26. The fourth-order valence-corrected chi connectivity index (χ4v) is 4.21. The monoisotopic (exact) mass is 550 g/mol. The molecular weight excluding hydrogens is 508 g/mol. The summed E-state index contributed by atoms with van der Waals surface area (Å²) in [6, 6.07) is 18.5. The highest BCUT2D eigenvalue weighted by atomic mass is 16.5. The van der Waals surface area contributed by atoms with Crippen LogP contribution in [0.15, 0.2) is 86.0 Å². The van der Waals surface area contributed by atoms with E-state index < -0.39 is 12.0 Å². The maximum atomic E-state index is 13.3. The van der Waals surface area contributed by atoms with Crippen LogP contribution in [0.4, 0.5) is 0 Å². The first-order chi connectivity index (χ1) is 19.5. The number of esters is 1. The van der Waals surface area contributed by atoms with Crippen molar-refractivity contribution >= 4 is 17.8 Å². The minimum absolute atomic E-state index is 0.0279. The zero-order chi connectivity index (χ0) is 29.0. The van der Waals surface area contributed by atoms with Crippen molar-refractivity contribution in [2.45, 2.75) is 38.1 Å². The summed E-state index contributed by atoms with van der Waals surface area (Å²) in [5.74, 6) is -1.93. The molecule has 0 bridgehead atoms. The minimum Gasteiger partial charge on any atom is -0.463 e. The third kappa shape index (κ3) is 12.4. The summed E-state index contributed by atoms with van der Waals surface area (Å²) >= 11 is 0. The van der Waals surface area contributed by atoms with E-state index in [0.29, 0.717) is 25.7 Å². The Labute approximate surface area is 237 Å². The molecule has 0 unspecified atom stereocenters. The van der Waals surface area contributed by atoms with Crippen molar-refractivity contribution in [1.29, 1.82) is 0 Å². The van der Waals surface area contributed by atoms with Crippen molar-refractivity contribution in [1.82, 2.24) is 10.6 Å². The zero-order valence-electron chi connectivity index (χ0n) is 23.1. The van der Waals surface area contributed by atoms with Gasteiger partial charge in [0.05, 0.1) is 37.7 Å². The van der Waals surface area contributed by atoms with Gasteiger partial charge in [-0.1, -0.05) is 72.8 Å². The second kappa shape index (κ2) is 19.3. The lowest BCUT2D eigenvalue weighted by Gasteiger charge is -2.24. The number of hydrogen-bond donors (Lipinski definition) is 3. The van der Waals surface area contributed by atoms with Crippen LogP contribution >= 0.6 is 0 Å². The number of aliphatic hydroxyl groups excluding tert-OH is 1. The third-order valence-electron chi connectivity index (χ3n) is 6.35. The van der Waals surface area contributed by atoms with Crippen molar-refractivity contribution < 1.29 is 29.0 Å². The van der Waals surface area contributed by atoms with E-state index in [1.807, 2.05) is 60.7 Å². The summed E-state index contributed by atoms with van der Waals surface area (Å²) in [5, 5.41) is 14.5.